The van der Waals surface area contributed by atoms with Crippen LogP contribution in [-0.2, 0) is 39.8 Å². The van der Waals surface area contributed by atoms with Gasteiger partial charge in [-0.1, -0.05) is 24.3 Å². The number of carbonyl (C=O) groups is 4. The second-order valence-electron chi connectivity index (χ2n) is 21.8. The highest BCUT2D eigenvalue weighted by atomic mass is 16.2. The van der Waals surface area contributed by atoms with Crippen LogP contribution in [0.5, 0.6) is 0 Å². The molecule has 5 aromatic rings. The van der Waals surface area contributed by atoms with Crippen molar-refractivity contribution < 1.29 is 19.2 Å². The van der Waals surface area contributed by atoms with Gasteiger partial charge in [0.1, 0.15) is 11.7 Å². The molecule has 4 fully saturated rings. The monoisotopic (exact) mass is 961 g/mol. The Hall–Kier alpha value is -6.16. The summed E-state index contributed by atoms with van der Waals surface area (Å²) in [5.41, 5.74) is 8.94. The Morgan fingerprint density at radius 3 is 2.38 bits per heavy atom. The highest BCUT2D eigenvalue weighted by molar-refractivity contribution is 6.13. The quantitative estimate of drug-likeness (QED) is 0.157. The van der Waals surface area contributed by atoms with E-state index in [4.69, 9.17) is 4.98 Å². The molecular formula is C56H68N10O5. The SMILES string of the molecule is C[C@H]1CN(Cc2ccc3c(c2)C(C)(C)C(=O)N3C2CCC(=O)NC2=O)CCN1CC1CCN(C(=O)c2ccc(C3CCN([C@@H](C)c4cc5c(-n6ccc7c(c6=O)CCN7)ccnc5n4C)CC3)cc2)CC1. The van der Waals surface area contributed by atoms with E-state index in [1.165, 1.54) is 11.3 Å². The number of benzene rings is 2. The fraction of sp³-hybridized carbons (Fsp3) is 0.500. The number of rotatable bonds is 10. The summed E-state index contributed by atoms with van der Waals surface area (Å²) in [5.74, 6) is 0.352. The Balaban J connectivity index is 0.641. The normalized spacial score (nSPS) is 23.0. The lowest BCUT2D eigenvalue weighted by Gasteiger charge is -2.42. The van der Waals surface area contributed by atoms with E-state index in [0.717, 1.165) is 148 Å². The lowest BCUT2D eigenvalue weighted by molar-refractivity contribution is -0.136. The van der Waals surface area contributed by atoms with Gasteiger partial charge in [0.05, 0.1) is 11.1 Å². The average Bonchev–Trinajstić information content (AvgIpc) is 4.05. The van der Waals surface area contributed by atoms with Gasteiger partial charge in [0.25, 0.3) is 11.5 Å². The number of piperazine rings is 1. The molecule has 15 heteroatoms. The van der Waals surface area contributed by atoms with Crippen LogP contribution in [0.4, 0.5) is 11.4 Å². The van der Waals surface area contributed by atoms with Gasteiger partial charge in [0, 0.05) is 124 Å². The molecule has 15 nitrogen and oxygen atoms in total. The van der Waals surface area contributed by atoms with E-state index in [1.807, 2.05) is 50.4 Å². The van der Waals surface area contributed by atoms with Crippen LogP contribution in [0, 0.1) is 5.92 Å². The molecule has 1 unspecified atom stereocenters. The predicted molar refractivity (Wildman–Crippen MR) is 275 cm³/mol. The zero-order valence-corrected chi connectivity index (χ0v) is 42.0. The van der Waals surface area contributed by atoms with Gasteiger partial charge in [-0.2, -0.15) is 0 Å². The summed E-state index contributed by atoms with van der Waals surface area (Å²) in [6, 6.07) is 20.8. The molecule has 0 saturated carbocycles. The maximum absolute atomic E-state index is 13.8. The topological polar surface area (TPSA) is 148 Å². The fourth-order valence-electron chi connectivity index (χ4n) is 12.8. The largest absolute Gasteiger partial charge is 0.384 e. The number of nitrogens with one attached hydrogen (secondary N) is 2. The molecule has 3 atom stereocenters. The van der Waals surface area contributed by atoms with Crippen LogP contribution in [0.25, 0.3) is 16.7 Å². The zero-order valence-electron chi connectivity index (χ0n) is 42.0. The van der Waals surface area contributed by atoms with E-state index in [2.05, 4.69) is 86.0 Å². The van der Waals surface area contributed by atoms with Crippen LogP contribution in [0.3, 0.4) is 0 Å². The first-order valence-corrected chi connectivity index (χ1v) is 26.1. The van der Waals surface area contributed by atoms with Gasteiger partial charge in [0.2, 0.25) is 17.7 Å². The van der Waals surface area contributed by atoms with E-state index in [0.29, 0.717) is 24.3 Å². The fourth-order valence-corrected chi connectivity index (χ4v) is 12.8. The van der Waals surface area contributed by atoms with E-state index < -0.39 is 17.4 Å². The lowest BCUT2D eigenvalue weighted by Crippen LogP contribution is -2.55. The number of anilines is 2. The minimum absolute atomic E-state index is 0.0353. The average molecular weight is 961 g/mol. The molecule has 372 valence electrons. The Morgan fingerprint density at radius 1 is 0.859 bits per heavy atom. The number of pyridine rings is 2. The highest BCUT2D eigenvalue weighted by Gasteiger charge is 2.49. The van der Waals surface area contributed by atoms with Crippen LogP contribution in [-0.4, -0.2) is 128 Å². The number of imide groups is 1. The van der Waals surface area contributed by atoms with Gasteiger partial charge in [-0.05, 0) is 144 Å². The predicted octanol–water partition coefficient (Wildman–Crippen LogP) is 6.12. The van der Waals surface area contributed by atoms with E-state index in [-0.39, 0.29) is 35.7 Å². The third-order valence-electron chi connectivity index (χ3n) is 17.1. The number of fused-ring (bicyclic) bond motifs is 3. The van der Waals surface area contributed by atoms with Crippen molar-refractivity contribution in [3.8, 4) is 5.69 Å². The third kappa shape index (κ3) is 8.67. The van der Waals surface area contributed by atoms with Gasteiger partial charge < -0.3 is 14.8 Å². The van der Waals surface area contributed by atoms with Crippen molar-refractivity contribution in [1.82, 2.24) is 39.0 Å². The zero-order chi connectivity index (χ0) is 49.3. The molecular weight excluding hydrogens is 893 g/mol. The van der Waals surface area contributed by atoms with Crippen LogP contribution >= 0.6 is 0 Å². The number of aryl methyl sites for hydroxylation is 1. The molecule has 2 aromatic carbocycles. The summed E-state index contributed by atoms with van der Waals surface area (Å²) in [6.07, 6.45) is 9.11. The van der Waals surface area contributed by atoms with Gasteiger partial charge in [-0.3, -0.25) is 53.5 Å². The molecule has 0 radical (unpaired) electrons. The Labute approximate surface area is 416 Å². The molecule has 4 saturated heterocycles. The molecule has 6 aliphatic heterocycles. The molecule has 6 aliphatic rings. The van der Waals surface area contributed by atoms with Gasteiger partial charge in [0.15, 0.2) is 0 Å². The number of hydrogen-bond acceptors (Lipinski definition) is 10. The second-order valence-corrected chi connectivity index (χ2v) is 21.8. The number of amides is 4. The molecule has 4 amide bonds. The van der Waals surface area contributed by atoms with Crippen LogP contribution in [0.15, 0.2) is 77.9 Å². The first-order valence-electron chi connectivity index (χ1n) is 26.1. The van der Waals surface area contributed by atoms with Crippen LogP contribution in [0.2, 0.25) is 0 Å². The minimum Gasteiger partial charge on any atom is -0.384 e. The maximum atomic E-state index is 13.8. The molecule has 11 rings (SSSR count). The Kier molecular flexibility index (Phi) is 12.5. The Bertz CT molecular complexity index is 2960. The van der Waals surface area contributed by atoms with Crippen molar-refractivity contribution >= 4 is 46.0 Å². The number of likely N-dealkylation sites (tertiary alicyclic amines) is 2. The maximum Gasteiger partial charge on any atom is 0.260 e. The first kappa shape index (κ1) is 47.2. The summed E-state index contributed by atoms with van der Waals surface area (Å²) in [6.45, 7) is 17.5. The van der Waals surface area contributed by atoms with Gasteiger partial charge >= 0.3 is 0 Å². The smallest absolute Gasteiger partial charge is 0.260 e. The van der Waals surface area contributed by atoms with Gasteiger partial charge in [-0.25, -0.2) is 4.98 Å². The third-order valence-corrected chi connectivity index (χ3v) is 17.1. The summed E-state index contributed by atoms with van der Waals surface area (Å²) in [7, 11) is 2.08. The first-order chi connectivity index (χ1) is 34.2. The van der Waals surface area contributed by atoms with E-state index in [1.54, 1.807) is 15.7 Å². The lowest BCUT2D eigenvalue weighted by atomic mass is 9.85. The van der Waals surface area contributed by atoms with Gasteiger partial charge in [-0.15, -0.1) is 0 Å². The number of aromatic nitrogens is 3. The summed E-state index contributed by atoms with van der Waals surface area (Å²) in [4.78, 5) is 81.6. The van der Waals surface area contributed by atoms with Crippen LogP contribution < -0.4 is 21.1 Å². The Morgan fingerprint density at radius 2 is 1.63 bits per heavy atom. The molecule has 2 N–H and O–H groups in total. The molecule has 0 spiro atoms. The highest BCUT2D eigenvalue weighted by Crippen LogP contribution is 2.44. The van der Waals surface area contributed by atoms with Crippen molar-refractivity contribution in [3.05, 3.63) is 117 Å². The van der Waals surface area contributed by atoms with Crippen molar-refractivity contribution in [2.45, 2.75) is 109 Å². The minimum atomic E-state index is -0.761. The van der Waals surface area contributed by atoms with Crippen molar-refractivity contribution in [1.29, 1.82) is 0 Å². The standard InChI is InChI=1S/C56H68N10O5/c1-35-32-61(33-38-6-11-47-44(30-38)56(3,4)55(71)66(47)48-12-13-50(67)59-52(48)68)28-29-64(35)34-37-16-23-63(24-17-37)53(69)41-9-7-39(8-10-41)40-18-25-62(26-19-40)36(2)49-31-43-46(15-22-58-51(43)60(49)5)65-27-20-45-42(54(65)70)14-21-57-45/h6-11,15,20,22,27,30-31,35-37,40,48,57H,12-14,16-19,21,23-26,28-29,32-34H2,1-5H3,(H,59,67,68)/t35-,36-,48?/m0/s1. The number of hydrogen-bond donors (Lipinski definition) is 2. The summed E-state index contributed by atoms with van der Waals surface area (Å²) < 4.78 is 3.96. The van der Waals surface area contributed by atoms with E-state index in [9.17, 15) is 24.0 Å². The van der Waals surface area contributed by atoms with Crippen molar-refractivity contribution in [2.75, 3.05) is 69.1 Å². The molecule has 9 heterocycles. The van der Waals surface area contributed by atoms with Crippen LogP contribution in [0.1, 0.15) is 116 Å². The van der Waals surface area contributed by atoms with Crippen molar-refractivity contribution in [3.63, 3.8) is 0 Å². The molecule has 0 bridgehead atoms. The number of nitrogens with zero attached hydrogens (tertiary/aromatic N) is 8. The summed E-state index contributed by atoms with van der Waals surface area (Å²) in [5, 5.41) is 6.72. The second kappa shape index (κ2) is 18.8. The number of carbonyl (C=O) groups excluding carboxylic acids is 4. The molecule has 71 heavy (non-hydrogen) atoms. The van der Waals surface area contributed by atoms with E-state index >= 15 is 0 Å². The van der Waals surface area contributed by atoms with Crippen molar-refractivity contribution in [2.24, 2.45) is 13.0 Å². The molecule has 0 aliphatic carbocycles. The number of piperidine rings is 3. The molecule has 3 aromatic heterocycles. The summed E-state index contributed by atoms with van der Waals surface area (Å²) >= 11 is 0.